The number of hydrogen-bond donors (Lipinski definition) is 3. The van der Waals surface area contributed by atoms with Gasteiger partial charge in [-0.05, 0) is 24.5 Å². The summed E-state index contributed by atoms with van der Waals surface area (Å²) in [5, 5.41) is 8.16. The van der Waals surface area contributed by atoms with E-state index in [-0.39, 0.29) is 30.1 Å². The maximum atomic E-state index is 11.9. The van der Waals surface area contributed by atoms with Crippen LogP contribution in [0.1, 0.15) is 26.7 Å². The third kappa shape index (κ3) is 4.97. The van der Waals surface area contributed by atoms with Crippen molar-refractivity contribution >= 4 is 29.1 Å². The summed E-state index contributed by atoms with van der Waals surface area (Å²) in [6.45, 7) is 3.76. The number of carbonyl (C=O) groups is 3. The summed E-state index contributed by atoms with van der Waals surface area (Å²) in [6.07, 6.45) is 1.13. The molecule has 0 spiro atoms. The van der Waals surface area contributed by atoms with Gasteiger partial charge in [0, 0.05) is 37.6 Å². The molecule has 0 saturated heterocycles. The number of carbonyl (C=O) groups excluding carboxylic acids is 3. The lowest BCUT2D eigenvalue weighted by molar-refractivity contribution is -0.122. The van der Waals surface area contributed by atoms with Crippen molar-refractivity contribution in [2.24, 2.45) is 11.8 Å². The van der Waals surface area contributed by atoms with E-state index < -0.39 is 0 Å². The molecule has 1 saturated carbocycles. The van der Waals surface area contributed by atoms with Gasteiger partial charge in [-0.1, -0.05) is 6.92 Å². The van der Waals surface area contributed by atoms with E-state index in [0.29, 0.717) is 29.6 Å². The zero-order valence-electron chi connectivity index (χ0n) is 14.1. The summed E-state index contributed by atoms with van der Waals surface area (Å²) in [6, 6.07) is 4.97. The van der Waals surface area contributed by atoms with E-state index in [9.17, 15) is 14.4 Å². The highest BCUT2D eigenvalue weighted by molar-refractivity contribution is 5.94. The van der Waals surface area contributed by atoms with Crippen LogP contribution < -0.4 is 20.7 Å². The average Bonchev–Trinajstić information content (AvgIpc) is 3.25. The molecular formula is C17H23N3O4. The molecule has 1 aromatic rings. The first kappa shape index (κ1) is 17.8. The predicted octanol–water partition coefficient (Wildman–Crippen LogP) is 1.75. The molecule has 2 atom stereocenters. The fourth-order valence-corrected chi connectivity index (χ4v) is 2.40. The number of methoxy groups -OCH3 is 1. The summed E-state index contributed by atoms with van der Waals surface area (Å²) >= 11 is 0. The molecule has 1 aromatic carbocycles. The number of rotatable bonds is 7. The molecule has 1 aliphatic rings. The number of ether oxygens (including phenoxy) is 1. The molecule has 3 amide bonds. The molecule has 0 heterocycles. The molecule has 24 heavy (non-hydrogen) atoms. The molecule has 7 nitrogen and oxygen atoms in total. The average molecular weight is 333 g/mol. The van der Waals surface area contributed by atoms with Crippen LogP contribution in [-0.4, -0.2) is 31.4 Å². The van der Waals surface area contributed by atoms with Crippen LogP contribution in [0.15, 0.2) is 18.2 Å². The van der Waals surface area contributed by atoms with Crippen LogP contribution in [0.25, 0.3) is 0 Å². The Bertz CT molecular complexity index is 645. The van der Waals surface area contributed by atoms with E-state index in [1.807, 2.05) is 6.92 Å². The lowest BCUT2D eigenvalue weighted by Crippen LogP contribution is -2.29. The predicted molar refractivity (Wildman–Crippen MR) is 90.8 cm³/mol. The molecule has 3 N–H and O–H groups in total. The molecule has 2 rings (SSSR count). The van der Waals surface area contributed by atoms with Gasteiger partial charge < -0.3 is 20.7 Å². The largest absolute Gasteiger partial charge is 0.494 e. The Balaban J connectivity index is 1.82. The quantitative estimate of drug-likeness (QED) is 0.708. The summed E-state index contributed by atoms with van der Waals surface area (Å²) in [5.41, 5.74) is 1.10. The topological polar surface area (TPSA) is 96.5 Å². The van der Waals surface area contributed by atoms with Crippen molar-refractivity contribution in [1.82, 2.24) is 5.32 Å². The van der Waals surface area contributed by atoms with Crippen LogP contribution in [-0.2, 0) is 14.4 Å². The maximum absolute atomic E-state index is 11.9. The van der Waals surface area contributed by atoms with Crippen LogP contribution in [0, 0.1) is 11.8 Å². The van der Waals surface area contributed by atoms with E-state index in [1.165, 1.54) is 14.0 Å². The Labute approximate surface area is 141 Å². The highest BCUT2D eigenvalue weighted by Crippen LogP contribution is 2.37. The summed E-state index contributed by atoms with van der Waals surface area (Å²) in [7, 11) is 1.49. The van der Waals surface area contributed by atoms with E-state index in [2.05, 4.69) is 16.0 Å². The van der Waals surface area contributed by atoms with Crippen LogP contribution in [0.2, 0.25) is 0 Å². The smallest absolute Gasteiger partial charge is 0.226 e. The second-order valence-corrected chi connectivity index (χ2v) is 6.00. The van der Waals surface area contributed by atoms with E-state index >= 15 is 0 Å². The zero-order valence-corrected chi connectivity index (χ0v) is 14.1. The Morgan fingerprint density at radius 2 is 1.96 bits per heavy atom. The lowest BCUT2D eigenvalue weighted by Gasteiger charge is -2.12. The van der Waals surface area contributed by atoms with Gasteiger partial charge in [-0.3, -0.25) is 14.4 Å². The van der Waals surface area contributed by atoms with Crippen molar-refractivity contribution in [3.63, 3.8) is 0 Å². The number of anilines is 2. The highest BCUT2D eigenvalue weighted by Gasteiger charge is 2.38. The Hall–Kier alpha value is -2.57. The molecule has 7 heteroatoms. The van der Waals surface area contributed by atoms with Gasteiger partial charge in [0.2, 0.25) is 17.7 Å². The zero-order chi connectivity index (χ0) is 17.7. The minimum Gasteiger partial charge on any atom is -0.494 e. The third-order valence-electron chi connectivity index (χ3n) is 3.89. The highest BCUT2D eigenvalue weighted by atomic mass is 16.5. The number of amides is 3. The second kappa shape index (κ2) is 7.81. The van der Waals surface area contributed by atoms with E-state index in [0.717, 1.165) is 6.42 Å². The summed E-state index contributed by atoms with van der Waals surface area (Å²) < 4.78 is 5.20. The number of nitrogens with one attached hydrogen (secondary N) is 3. The van der Waals surface area contributed by atoms with Crippen LogP contribution >= 0.6 is 0 Å². The minimum absolute atomic E-state index is 0.0247. The normalized spacial score (nSPS) is 18.5. The van der Waals surface area contributed by atoms with E-state index in [1.54, 1.807) is 18.2 Å². The second-order valence-electron chi connectivity index (χ2n) is 6.00. The molecule has 0 radical (unpaired) electrons. The molecule has 0 aliphatic heterocycles. The van der Waals surface area contributed by atoms with Crippen molar-refractivity contribution in [3.05, 3.63) is 18.2 Å². The van der Waals surface area contributed by atoms with Crippen molar-refractivity contribution in [1.29, 1.82) is 0 Å². The maximum Gasteiger partial charge on any atom is 0.226 e. The Morgan fingerprint density at radius 1 is 1.25 bits per heavy atom. The lowest BCUT2D eigenvalue weighted by atomic mass is 10.2. The van der Waals surface area contributed by atoms with Crippen LogP contribution in [0.4, 0.5) is 11.4 Å². The first-order valence-corrected chi connectivity index (χ1v) is 7.94. The van der Waals surface area contributed by atoms with Gasteiger partial charge in [-0.2, -0.15) is 0 Å². The van der Waals surface area contributed by atoms with Crippen molar-refractivity contribution in [2.75, 3.05) is 24.3 Å². The molecule has 130 valence electrons. The van der Waals surface area contributed by atoms with Gasteiger partial charge >= 0.3 is 0 Å². The standard InChI is InChI=1S/C17H23N3O4/c1-10-8-13(10)17(23)18-7-6-16(22)20-12-4-5-14(19-11(2)21)15(9-12)24-3/h4-5,9-10,13H,6-8H2,1-3H3,(H,18,23)(H,19,21)(H,20,22). The molecule has 2 unspecified atom stereocenters. The molecular weight excluding hydrogens is 310 g/mol. The van der Waals surface area contributed by atoms with Gasteiger partial charge in [0.25, 0.3) is 0 Å². The van der Waals surface area contributed by atoms with Gasteiger partial charge in [-0.25, -0.2) is 0 Å². The fraction of sp³-hybridized carbons (Fsp3) is 0.471. The molecule has 0 bridgehead atoms. The fourth-order valence-electron chi connectivity index (χ4n) is 2.40. The summed E-state index contributed by atoms with van der Waals surface area (Å²) in [5.74, 6) is 0.641. The Kier molecular flexibility index (Phi) is 5.78. The molecule has 1 aliphatic carbocycles. The van der Waals surface area contributed by atoms with Crippen molar-refractivity contribution < 1.29 is 19.1 Å². The monoisotopic (exact) mass is 333 g/mol. The van der Waals surface area contributed by atoms with Crippen molar-refractivity contribution in [3.8, 4) is 5.75 Å². The van der Waals surface area contributed by atoms with Gasteiger partial charge in [-0.15, -0.1) is 0 Å². The molecule has 0 aromatic heterocycles. The first-order valence-electron chi connectivity index (χ1n) is 7.94. The van der Waals surface area contributed by atoms with E-state index in [4.69, 9.17) is 4.74 Å². The number of benzene rings is 1. The Morgan fingerprint density at radius 3 is 2.54 bits per heavy atom. The third-order valence-corrected chi connectivity index (χ3v) is 3.89. The summed E-state index contributed by atoms with van der Waals surface area (Å²) in [4.78, 5) is 34.7. The van der Waals surface area contributed by atoms with Gasteiger partial charge in [0.05, 0.1) is 12.8 Å². The van der Waals surface area contributed by atoms with Crippen molar-refractivity contribution in [2.45, 2.75) is 26.7 Å². The molecule has 1 fully saturated rings. The first-order chi connectivity index (χ1) is 11.4. The van der Waals surface area contributed by atoms with Gasteiger partial charge in [0.15, 0.2) is 0 Å². The SMILES string of the molecule is COc1cc(NC(=O)CCNC(=O)C2CC2C)ccc1NC(C)=O. The van der Waals surface area contributed by atoms with Crippen LogP contribution in [0.3, 0.4) is 0 Å². The minimum atomic E-state index is -0.203. The number of hydrogen-bond acceptors (Lipinski definition) is 4. The van der Waals surface area contributed by atoms with Gasteiger partial charge in [0.1, 0.15) is 5.75 Å². The van der Waals surface area contributed by atoms with Crippen LogP contribution in [0.5, 0.6) is 5.75 Å².